The summed E-state index contributed by atoms with van der Waals surface area (Å²) >= 11 is 0. The van der Waals surface area contributed by atoms with Gasteiger partial charge < -0.3 is 15.2 Å². The molecule has 2 N–H and O–H groups in total. The molecule has 1 atom stereocenters. The summed E-state index contributed by atoms with van der Waals surface area (Å²) in [5.41, 5.74) is 1.17. The molecule has 0 spiro atoms. The van der Waals surface area contributed by atoms with Gasteiger partial charge in [-0.05, 0) is 35.2 Å². The normalized spacial score (nSPS) is 16.0. The van der Waals surface area contributed by atoms with Crippen LogP contribution in [0.3, 0.4) is 0 Å². The number of ether oxygens (including phenoxy) is 1. The van der Waals surface area contributed by atoms with Gasteiger partial charge in [0.05, 0.1) is 6.54 Å². The van der Waals surface area contributed by atoms with Crippen LogP contribution in [-0.2, 0) is 16.8 Å². The van der Waals surface area contributed by atoms with Gasteiger partial charge in [-0.15, -0.1) is 0 Å². The predicted molar refractivity (Wildman–Crippen MR) is 121 cm³/mol. The maximum absolute atomic E-state index is 13.6. The molecule has 3 amide bonds. The number of β-amino-alcohol motifs (C(OH)–C–C–N with tert-alkyl or cyclic N) is 1. The molecular formula is C26H26N2O4. The van der Waals surface area contributed by atoms with Crippen molar-refractivity contribution in [3.63, 3.8) is 0 Å². The van der Waals surface area contributed by atoms with Crippen LogP contribution in [0.2, 0.25) is 0 Å². The first-order valence-electron chi connectivity index (χ1n) is 10.7. The van der Waals surface area contributed by atoms with Crippen molar-refractivity contribution in [1.82, 2.24) is 10.2 Å². The second-order valence-corrected chi connectivity index (χ2v) is 7.79. The van der Waals surface area contributed by atoms with Crippen molar-refractivity contribution in [2.75, 3.05) is 13.2 Å². The van der Waals surface area contributed by atoms with Crippen molar-refractivity contribution >= 4 is 11.9 Å². The number of rotatable bonds is 8. The Labute approximate surface area is 187 Å². The van der Waals surface area contributed by atoms with E-state index in [0.717, 1.165) is 11.3 Å². The van der Waals surface area contributed by atoms with E-state index in [-0.39, 0.29) is 13.2 Å². The Bertz CT molecular complexity index is 1030. The average Bonchev–Trinajstić information content (AvgIpc) is 3.10. The minimum atomic E-state index is -1.34. The van der Waals surface area contributed by atoms with Gasteiger partial charge >= 0.3 is 6.03 Å². The van der Waals surface area contributed by atoms with Gasteiger partial charge in [-0.25, -0.2) is 4.79 Å². The molecule has 1 aliphatic rings. The number of nitrogens with zero attached hydrogens (tertiary/aromatic N) is 1. The Morgan fingerprint density at radius 1 is 0.906 bits per heavy atom. The molecule has 0 saturated carbocycles. The summed E-state index contributed by atoms with van der Waals surface area (Å²) in [6.07, 6.45) is -0.0995. The number of aliphatic hydroxyl groups excluding tert-OH is 1. The van der Waals surface area contributed by atoms with Gasteiger partial charge in [0.15, 0.2) is 5.54 Å². The number of aliphatic hydroxyl groups is 1. The van der Waals surface area contributed by atoms with E-state index in [9.17, 15) is 14.7 Å². The van der Waals surface area contributed by atoms with Crippen molar-refractivity contribution in [2.45, 2.75) is 25.0 Å². The highest BCUT2D eigenvalue weighted by Gasteiger charge is 2.53. The van der Waals surface area contributed by atoms with Gasteiger partial charge in [0.25, 0.3) is 5.91 Å². The first kappa shape index (κ1) is 21.6. The number of nitrogens with one attached hydrogen (secondary N) is 1. The average molecular weight is 431 g/mol. The van der Waals surface area contributed by atoms with Gasteiger partial charge in [0.1, 0.15) is 18.5 Å². The summed E-state index contributed by atoms with van der Waals surface area (Å²) in [4.78, 5) is 27.5. The van der Waals surface area contributed by atoms with Crippen LogP contribution < -0.4 is 10.1 Å². The number of carbonyl (C=O) groups is 2. The van der Waals surface area contributed by atoms with Crippen molar-refractivity contribution in [3.8, 4) is 5.75 Å². The predicted octanol–water partition coefficient (Wildman–Crippen LogP) is 3.48. The standard InChI is InChI=1S/C26H26N2O4/c1-2-19-13-15-23(16-14-19)32-18-22(29)17-28-24(30)26(27-25(28)31,20-9-5-3-6-10-20)21-11-7-4-8-12-21/h3-16,22,29H,2,17-18H2,1H3,(H,27,31). The van der Waals surface area contributed by atoms with Gasteiger partial charge in [-0.1, -0.05) is 79.7 Å². The van der Waals surface area contributed by atoms with E-state index in [1.165, 1.54) is 5.56 Å². The Balaban J connectivity index is 1.52. The van der Waals surface area contributed by atoms with Crippen LogP contribution in [0.1, 0.15) is 23.6 Å². The van der Waals surface area contributed by atoms with E-state index in [0.29, 0.717) is 16.9 Å². The Morgan fingerprint density at radius 3 is 2.00 bits per heavy atom. The second-order valence-electron chi connectivity index (χ2n) is 7.79. The van der Waals surface area contributed by atoms with Crippen LogP contribution in [-0.4, -0.2) is 41.2 Å². The minimum absolute atomic E-state index is 0.0355. The molecule has 6 heteroatoms. The molecule has 0 aromatic heterocycles. The maximum Gasteiger partial charge on any atom is 0.325 e. The smallest absolute Gasteiger partial charge is 0.325 e. The fraction of sp³-hybridized carbons (Fsp3) is 0.231. The summed E-state index contributed by atoms with van der Waals surface area (Å²) in [6, 6.07) is 25.3. The summed E-state index contributed by atoms with van der Waals surface area (Å²) < 4.78 is 5.65. The highest BCUT2D eigenvalue weighted by Crippen LogP contribution is 2.36. The molecule has 3 aromatic carbocycles. The quantitative estimate of drug-likeness (QED) is 0.537. The summed E-state index contributed by atoms with van der Waals surface area (Å²) in [7, 11) is 0. The molecular weight excluding hydrogens is 404 g/mol. The largest absolute Gasteiger partial charge is 0.491 e. The molecule has 4 rings (SSSR count). The monoisotopic (exact) mass is 430 g/mol. The van der Waals surface area contributed by atoms with Crippen LogP contribution in [0.15, 0.2) is 84.9 Å². The minimum Gasteiger partial charge on any atom is -0.491 e. The lowest BCUT2D eigenvalue weighted by Gasteiger charge is -2.28. The lowest BCUT2D eigenvalue weighted by molar-refractivity contribution is -0.131. The van der Waals surface area contributed by atoms with Crippen LogP contribution in [0.4, 0.5) is 4.79 Å². The lowest BCUT2D eigenvalue weighted by atomic mass is 9.82. The Hall–Kier alpha value is -3.64. The van der Waals surface area contributed by atoms with Crippen LogP contribution in [0.25, 0.3) is 0 Å². The zero-order valence-electron chi connectivity index (χ0n) is 17.9. The van der Waals surface area contributed by atoms with E-state index in [2.05, 4.69) is 12.2 Å². The van der Waals surface area contributed by atoms with Gasteiger partial charge in [-0.3, -0.25) is 9.69 Å². The third kappa shape index (κ3) is 4.09. The van der Waals surface area contributed by atoms with E-state index < -0.39 is 23.6 Å². The van der Waals surface area contributed by atoms with Crippen molar-refractivity contribution in [2.24, 2.45) is 0 Å². The van der Waals surface area contributed by atoms with Crippen LogP contribution in [0.5, 0.6) is 5.75 Å². The molecule has 1 saturated heterocycles. The number of hydrogen-bond acceptors (Lipinski definition) is 4. The first-order chi connectivity index (χ1) is 15.5. The number of imide groups is 1. The number of hydrogen-bond donors (Lipinski definition) is 2. The molecule has 32 heavy (non-hydrogen) atoms. The fourth-order valence-corrected chi connectivity index (χ4v) is 3.95. The van der Waals surface area contributed by atoms with E-state index in [4.69, 9.17) is 4.74 Å². The summed E-state index contributed by atoms with van der Waals surface area (Å²) in [5.74, 6) is 0.201. The van der Waals surface area contributed by atoms with Gasteiger partial charge in [0, 0.05) is 0 Å². The van der Waals surface area contributed by atoms with Crippen molar-refractivity contribution < 1.29 is 19.4 Å². The van der Waals surface area contributed by atoms with Crippen LogP contribution >= 0.6 is 0 Å². The lowest BCUT2D eigenvalue weighted by Crippen LogP contribution is -2.46. The van der Waals surface area contributed by atoms with Gasteiger partial charge in [-0.2, -0.15) is 0 Å². The Kier molecular flexibility index (Phi) is 6.23. The summed E-state index contributed by atoms with van der Waals surface area (Å²) in [5, 5.41) is 13.4. The highest BCUT2D eigenvalue weighted by atomic mass is 16.5. The zero-order valence-corrected chi connectivity index (χ0v) is 17.9. The number of amides is 3. The molecule has 164 valence electrons. The molecule has 0 radical (unpaired) electrons. The molecule has 0 aliphatic carbocycles. The molecule has 1 aliphatic heterocycles. The third-order valence-electron chi connectivity index (χ3n) is 5.69. The second kappa shape index (κ2) is 9.24. The van der Waals surface area contributed by atoms with Crippen molar-refractivity contribution in [3.05, 3.63) is 102 Å². The SMILES string of the molecule is CCc1ccc(OCC(O)CN2C(=O)NC(c3ccccc3)(c3ccccc3)C2=O)cc1. The number of aryl methyl sites for hydroxylation is 1. The summed E-state index contributed by atoms with van der Waals surface area (Å²) in [6.45, 7) is 1.87. The van der Waals surface area contributed by atoms with E-state index >= 15 is 0 Å². The zero-order chi connectivity index (χ0) is 22.6. The molecule has 1 unspecified atom stereocenters. The van der Waals surface area contributed by atoms with E-state index in [1.54, 1.807) is 0 Å². The molecule has 6 nitrogen and oxygen atoms in total. The number of urea groups is 1. The molecule has 1 heterocycles. The van der Waals surface area contributed by atoms with Crippen molar-refractivity contribution in [1.29, 1.82) is 0 Å². The fourth-order valence-electron chi connectivity index (χ4n) is 3.95. The topological polar surface area (TPSA) is 78.9 Å². The Morgan fingerprint density at radius 2 is 1.47 bits per heavy atom. The molecule has 3 aromatic rings. The maximum atomic E-state index is 13.6. The number of carbonyl (C=O) groups excluding carboxylic acids is 2. The number of benzene rings is 3. The van der Waals surface area contributed by atoms with Crippen LogP contribution in [0, 0.1) is 0 Å². The highest BCUT2D eigenvalue weighted by molar-refractivity contribution is 6.09. The molecule has 0 bridgehead atoms. The van der Waals surface area contributed by atoms with Gasteiger partial charge in [0.2, 0.25) is 0 Å². The molecule has 1 fully saturated rings. The van der Waals surface area contributed by atoms with E-state index in [1.807, 2.05) is 84.9 Å². The third-order valence-corrected chi connectivity index (χ3v) is 5.69. The first-order valence-corrected chi connectivity index (χ1v) is 10.7.